The summed E-state index contributed by atoms with van der Waals surface area (Å²) in [5.74, 6) is 0.995. The fourth-order valence-corrected chi connectivity index (χ4v) is 6.28. The Kier molecular flexibility index (Phi) is 15.3. The molecule has 0 aliphatic rings. The average molecular weight is 763 g/mol. The van der Waals surface area contributed by atoms with Crippen molar-refractivity contribution in [2.75, 3.05) is 26.3 Å². The number of rotatable bonds is 16. The van der Waals surface area contributed by atoms with Gasteiger partial charge in [-0.15, -0.1) is 12.4 Å². The molecule has 0 saturated heterocycles. The van der Waals surface area contributed by atoms with E-state index in [1.807, 2.05) is 48.8 Å². The van der Waals surface area contributed by atoms with Crippen LogP contribution in [-0.4, -0.2) is 69.8 Å². The number of ether oxygens (including phenoxy) is 2. The van der Waals surface area contributed by atoms with Crippen molar-refractivity contribution in [3.63, 3.8) is 0 Å². The number of aliphatic hydroxyl groups excluding tert-OH is 2. The highest BCUT2D eigenvalue weighted by atomic mass is 35.5. The van der Waals surface area contributed by atoms with Crippen LogP contribution in [0.5, 0.6) is 11.5 Å². The molecule has 288 valence electrons. The highest BCUT2D eigenvalue weighted by Gasteiger charge is 2.23. The summed E-state index contributed by atoms with van der Waals surface area (Å²) in [5, 5.41) is 48.0. The maximum absolute atomic E-state index is 10.3. The van der Waals surface area contributed by atoms with Crippen molar-refractivity contribution in [2.45, 2.75) is 63.8 Å². The Labute approximate surface area is 329 Å². The lowest BCUT2D eigenvalue weighted by molar-refractivity contribution is 0.0987. The van der Waals surface area contributed by atoms with Crippen LogP contribution < -0.4 is 20.1 Å². The van der Waals surface area contributed by atoms with Gasteiger partial charge < -0.3 is 40.3 Å². The van der Waals surface area contributed by atoms with E-state index >= 15 is 0 Å². The lowest BCUT2D eigenvalue weighted by Crippen LogP contribution is -2.46. The molecular formula is C44H51ClN6O4. The van der Waals surface area contributed by atoms with Crippen LogP contribution in [0.2, 0.25) is 0 Å². The largest absolute Gasteiger partial charge is 0.489 e. The standard InChI is InChI=1S/2C22H25N3O2.ClH/c2*1-22(2,11-17-13-24-20-9-5-4-8-19(17)20)25-14-18(26)15-27-21-10-6-3-7-16(21)12-23;/h2*3-10,13,18,24-26H,11,14-15H2,1-2H3;1H/t2*18-;/m00./s1. The topological polar surface area (TPSA) is 162 Å². The van der Waals surface area contributed by atoms with Crippen molar-refractivity contribution < 1.29 is 19.7 Å². The number of β-amino-alcohol motifs (C(OH)–C–C–N with tert-alkyl or cyclic N) is 2. The minimum absolute atomic E-state index is 0. The average Bonchev–Trinajstić information content (AvgIpc) is 3.78. The number of nitrogens with one attached hydrogen (secondary N) is 4. The predicted octanol–water partition coefficient (Wildman–Crippen LogP) is 7.20. The maximum Gasteiger partial charge on any atom is 0.137 e. The number of halogens is 1. The predicted molar refractivity (Wildman–Crippen MR) is 221 cm³/mol. The summed E-state index contributed by atoms with van der Waals surface area (Å²) in [6.45, 7) is 9.55. The summed E-state index contributed by atoms with van der Waals surface area (Å²) in [6.07, 6.45) is 4.43. The van der Waals surface area contributed by atoms with Gasteiger partial charge in [0, 0.05) is 58.4 Å². The highest BCUT2D eigenvalue weighted by Crippen LogP contribution is 2.24. The molecule has 55 heavy (non-hydrogen) atoms. The molecule has 0 saturated carbocycles. The van der Waals surface area contributed by atoms with Crippen molar-refractivity contribution in [1.82, 2.24) is 20.6 Å². The zero-order valence-corrected chi connectivity index (χ0v) is 32.6. The number of fused-ring (bicyclic) bond motifs is 2. The molecule has 6 aromatic rings. The van der Waals surface area contributed by atoms with Crippen LogP contribution >= 0.6 is 12.4 Å². The quantitative estimate of drug-likeness (QED) is 0.0603. The second-order valence-corrected chi connectivity index (χ2v) is 14.7. The van der Waals surface area contributed by atoms with Gasteiger partial charge in [-0.05, 0) is 88.1 Å². The van der Waals surface area contributed by atoms with Gasteiger partial charge in [-0.3, -0.25) is 0 Å². The van der Waals surface area contributed by atoms with Crippen molar-refractivity contribution in [1.29, 1.82) is 10.5 Å². The number of aliphatic hydroxyl groups is 2. The first kappa shape index (κ1) is 42.4. The molecule has 0 amide bonds. The monoisotopic (exact) mass is 762 g/mol. The highest BCUT2D eigenvalue weighted by molar-refractivity contribution is 5.85. The van der Waals surface area contributed by atoms with Crippen LogP contribution in [0.25, 0.3) is 21.8 Å². The van der Waals surface area contributed by atoms with Crippen LogP contribution in [0.1, 0.15) is 49.9 Å². The second kappa shape index (κ2) is 19.8. The summed E-state index contributed by atoms with van der Waals surface area (Å²) >= 11 is 0. The Balaban J connectivity index is 0.000000240. The van der Waals surface area contributed by atoms with Crippen molar-refractivity contribution in [2.24, 2.45) is 0 Å². The van der Waals surface area contributed by atoms with Crippen molar-refractivity contribution in [3.8, 4) is 23.6 Å². The zero-order valence-electron chi connectivity index (χ0n) is 31.8. The minimum atomic E-state index is -0.668. The number of aromatic amines is 2. The van der Waals surface area contributed by atoms with Gasteiger partial charge in [0.2, 0.25) is 0 Å². The first-order chi connectivity index (χ1) is 26.0. The normalized spacial score (nSPS) is 12.4. The van der Waals surface area contributed by atoms with Crippen LogP contribution in [0, 0.1) is 22.7 Å². The van der Waals surface area contributed by atoms with E-state index in [4.69, 9.17) is 20.0 Å². The third-order valence-corrected chi connectivity index (χ3v) is 9.12. The molecule has 2 atom stereocenters. The maximum atomic E-state index is 10.3. The van der Waals surface area contributed by atoms with E-state index in [2.05, 4.69) is 84.7 Å². The molecule has 0 bridgehead atoms. The smallest absolute Gasteiger partial charge is 0.137 e. The molecule has 0 aliphatic carbocycles. The second-order valence-electron chi connectivity index (χ2n) is 14.7. The molecule has 0 aliphatic heterocycles. The number of aromatic nitrogens is 2. The van der Waals surface area contributed by atoms with Gasteiger partial charge in [-0.1, -0.05) is 60.7 Å². The van der Waals surface area contributed by atoms with Crippen molar-refractivity contribution in [3.05, 3.63) is 132 Å². The first-order valence-electron chi connectivity index (χ1n) is 18.2. The number of nitriles is 2. The summed E-state index contributed by atoms with van der Waals surface area (Å²) in [4.78, 5) is 6.60. The summed E-state index contributed by atoms with van der Waals surface area (Å²) in [7, 11) is 0. The molecular weight excluding hydrogens is 712 g/mol. The number of para-hydroxylation sites is 4. The van der Waals surface area contributed by atoms with Gasteiger partial charge in [-0.2, -0.15) is 10.5 Å². The van der Waals surface area contributed by atoms with Gasteiger partial charge in [0.05, 0.1) is 11.1 Å². The molecule has 10 nitrogen and oxygen atoms in total. The lowest BCUT2D eigenvalue weighted by Gasteiger charge is -2.28. The van der Waals surface area contributed by atoms with Crippen LogP contribution in [-0.2, 0) is 12.8 Å². The van der Waals surface area contributed by atoms with E-state index < -0.39 is 12.2 Å². The van der Waals surface area contributed by atoms with E-state index in [0.717, 1.165) is 23.9 Å². The van der Waals surface area contributed by atoms with Crippen LogP contribution in [0.15, 0.2) is 109 Å². The van der Waals surface area contributed by atoms with Gasteiger partial charge in [0.25, 0.3) is 0 Å². The Morgan fingerprint density at radius 3 is 1.36 bits per heavy atom. The Bertz CT molecular complexity index is 2040. The van der Waals surface area contributed by atoms with Crippen LogP contribution in [0.4, 0.5) is 0 Å². The summed E-state index contributed by atoms with van der Waals surface area (Å²) in [6, 6.07) is 34.7. The fourth-order valence-electron chi connectivity index (χ4n) is 6.28. The molecule has 0 fully saturated rings. The van der Waals surface area contributed by atoms with E-state index in [1.165, 1.54) is 21.9 Å². The van der Waals surface area contributed by atoms with Crippen molar-refractivity contribution >= 4 is 34.2 Å². The summed E-state index contributed by atoms with van der Waals surface area (Å²) in [5.41, 5.74) is 5.33. The molecule has 2 heterocycles. The number of H-pyrrole nitrogens is 2. The molecule has 11 heteroatoms. The molecule has 0 spiro atoms. The van der Waals surface area contributed by atoms with Crippen LogP contribution in [0.3, 0.4) is 0 Å². The zero-order chi connectivity index (χ0) is 38.6. The number of hydrogen-bond acceptors (Lipinski definition) is 8. The number of hydrogen-bond donors (Lipinski definition) is 6. The van der Waals surface area contributed by atoms with Gasteiger partial charge in [-0.25, -0.2) is 0 Å². The minimum Gasteiger partial charge on any atom is -0.489 e. The molecule has 0 unspecified atom stereocenters. The Morgan fingerprint density at radius 2 is 0.964 bits per heavy atom. The third-order valence-electron chi connectivity index (χ3n) is 9.12. The van der Waals surface area contributed by atoms with Gasteiger partial charge >= 0.3 is 0 Å². The Morgan fingerprint density at radius 1 is 0.600 bits per heavy atom. The Hall–Kier alpha value is -5.33. The summed E-state index contributed by atoms with van der Waals surface area (Å²) < 4.78 is 11.2. The van der Waals surface area contributed by atoms with E-state index in [0.29, 0.717) is 35.7 Å². The molecule has 6 rings (SSSR count). The van der Waals surface area contributed by atoms with Gasteiger partial charge in [0.15, 0.2) is 0 Å². The lowest BCUT2D eigenvalue weighted by atomic mass is 9.94. The molecule has 4 aromatic carbocycles. The molecule has 2 aromatic heterocycles. The van der Waals surface area contributed by atoms with E-state index in [1.54, 1.807) is 36.4 Å². The molecule has 0 radical (unpaired) electrons. The van der Waals surface area contributed by atoms with Gasteiger partial charge in [0.1, 0.15) is 49.1 Å². The van der Waals surface area contributed by atoms with E-state index in [-0.39, 0.29) is 36.7 Å². The SMILES string of the molecule is CC(C)(Cc1c[nH]c2ccccc12)NC[C@H](O)COc1ccccc1C#N.CC(C)(Cc1c[nH]c2ccccc12)NC[C@H](O)COc1ccccc1C#N.Cl. The number of nitrogens with zero attached hydrogens (tertiary/aromatic N) is 2. The fraction of sp³-hybridized carbons (Fsp3) is 0.318. The third kappa shape index (κ3) is 12.3. The number of benzene rings is 4. The van der Waals surface area contributed by atoms with E-state index in [9.17, 15) is 10.2 Å². The first-order valence-corrected chi connectivity index (χ1v) is 18.2. The molecule has 6 N–H and O–H groups in total.